The van der Waals surface area contributed by atoms with Crippen LogP contribution in [0, 0.1) is 5.41 Å². The number of fused-ring (bicyclic) bond motifs is 2. The third-order valence-electron chi connectivity index (χ3n) is 5.37. The van der Waals surface area contributed by atoms with E-state index in [1.54, 1.807) is 0 Å². The molecule has 1 saturated carbocycles. The molecule has 3 rings (SSSR count). The highest BCUT2D eigenvalue weighted by molar-refractivity contribution is 5.06. The molecule has 20 heavy (non-hydrogen) atoms. The summed E-state index contributed by atoms with van der Waals surface area (Å²) in [6.45, 7) is 15.2. The Morgan fingerprint density at radius 2 is 1.85 bits per heavy atom. The Kier molecular flexibility index (Phi) is 3.85. The highest BCUT2D eigenvalue weighted by Gasteiger charge is 2.49. The van der Waals surface area contributed by atoms with E-state index in [2.05, 4.69) is 37.1 Å². The molecule has 0 amide bonds. The molecule has 1 aliphatic carbocycles. The first-order valence-corrected chi connectivity index (χ1v) is 8.27. The molecule has 3 aliphatic rings. The molecule has 2 saturated heterocycles. The minimum absolute atomic E-state index is 0.365. The Morgan fingerprint density at radius 1 is 1.25 bits per heavy atom. The van der Waals surface area contributed by atoms with Gasteiger partial charge in [-0.25, -0.2) is 0 Å². The van der Waals surface area contributed by atoms with Crippen molar-refractivity contribution in [3.63, 3.8) is 0 Å². The van der Waals surface area contributed by atoms with Crippen molar-refractivity contribution in [3.05, 3.63) is 12.3 Å². The van der Waals surface area contributed by atoms with Crippen molar-refractivity contribution < 1.29 is 4.74 Å². The van der Waals surface area contributed by atoms with Gasteiger partial charge in [-0.2, -0.15) is 0 Å². The summed E-state index contributed by atoms with van der Waals surface area (Å²) in [5.41, 5.74) is 1.72. The molecular formula is C17H30N2O. The summed E-state index contributed by atoms with van der Waals surface area (Å²) < 4.78 is 5.91. The van der Waals surface area contributed by atoms with Gasteiger partial charge in [-0.3, -0.25) is 4.90 Å². The van der Waals surface area contributed by atoms with Crippen LogP contribution in [0.15, 0.2) is 12.3 Å². The van der Waals surface area contributed by atoms with Crippen molar-refractivity contribution in [2.45, 2.75) is 64.6 Å². The Bertz CT molecular complexity index is 361. The van der Waals surface area contributed by atoms with E-state index < -0.39 is 0 Å². The lowest BCUT2D eigenvalue weighted by Crippen LogP contribution is -2.54. The molecule has 2 bridgehead atoms. The van der Waals surface area contributed by atoms with Gasteiger partial charge < -0.3 is 9.64 Å². The first kappa shape index (κ1) is 14.4. The second kappa shape index (κ2) is 5.34. The molecule has 114 valence electrons. The molecule has 3 fully saturated rings. The molecule has 2 unspecified atom stereocenters. The fourth-order valence-corrected chi connectivity index (χ4v) is 3.82. The molecule has 2 aliphatic heterocycles. The van der Waals surface area contributed by atoms with Crippen LogP contribution in [0.3, 0.4) is 0 Å². The fourth-order valence-electron chi connectivity index (χ4n) is 3.82. The van der Waals surface area contributed by atoms with Gasteiger partial charge in [-0.15, -0.1) is 0 Å². The van der Waals surface area contributed by atoms with Crippen LogP contribution in [0.1, 0.15) is 46.5 Å². The molecule has 3 heteroatoms. The van der Waals surface area contributed by atoms with Crippen LogP contribution in [0.4, 0.5) is 0 Å². The molecule has 0 N–H and O–H groups in total. The highest BCUT2D eigenvalue weighted by atomic mass is 16.5. The van der Waals surface area contributed by atoms with Crippen molar-refractivity contribution in [2.75, 3.05) is 26.2 Å². The largest absolute Gasteiger partial charge is 0.378 e. The minimum atomic E-state index is 0.365. The maximum absolute atomic E-state index is 5.91. The Labute approximate surface area is 124 Å². The zero-order chi connectivity index (χ0) is 14.3. The molecule has 3 nitrogen and oxygen atoms in total. The highest BCUT2D eigenvalue weighted by Crippen LogP contribution is 2.49. The first-order valence-electron chi connectivity index (χ1n) is 8.27. The van der Waals surface area contributed by atoms with Crippen LogP contribution < -0.4 is 0 Å². The number of allylic oxidation sites excluding steroid dienone is 1. The van der Waals surface area contributed by atoms with E-state index in [1.807, 2.05) is 0 Å². The van der Waals surface area contributed by atoms with E-state index in [9.17, 15) is 0 Å². The average molecular weight is 278 g/mol. The van der Waals surface area contributed by atoms with Gasteiger partial charge in [0, 0.05) is 42.8 Å². The third-order valence-corrected chi connectivity index (χ3v) is 5.37. The lowest BCUT2D eigenvalue weighted by molar-refractivity contribution is 0.00930. The molecular weight excluding hydrogens is 248 g/mol. The molecule has 2 atom stereocenters. The van der Waals surface area contributed by atoms with Gasteiger partial charge in [-0.1, -0.05) is 6.58 Å². The number of hydrogen-bond acceptors (Lipinski definition) is 3. The van der Waals surface area contributed by atoms with Crippen LogP contribution in [0.25, 0.3) is 0 Å². The van der Waals surface area contributed by atoms with Gasteiger partial charge in [-0.05, 0) is 46.5 Å². The van der Waals surface area contributed by atoms with Crippen molar-refractivity contribution >= 4 is 0 Å². The van der Waals surface area contributed by atoms with Gasteiger partial charge >= 0.3 is 0 Å². The Balaban J connectivity index is 1.58. The normalized spacial score (nSPS) is 31.9. The number of ether oxygens (including phenoxy) is 1. The molecule has 0 aromatic rings. The summed E-state index contributed by atoms with van der Waals surface area (Å²) in [5, 5.41) is 0. The van der Waals surface area contributed by atoms with E-state index in [1.165, 1.54) is 51.0 Å². The van der Waals surface area contributed by atoms with Crippen LogP contribution in [0.5, 0.6) is 0 Å². The number of hydrogen-bond donors (Lipinski definition) is 0. The van der Waals surface area contributed by atoms with Crippen molar-refractivity contribution in [1.82, 2.24) is 9.80 Å². The third kappa shape index (κ3) is 2.89. The van der Waals surface area contributed by atoms with E-state index in [0.717, 1.165) is 18.7 Å². The van der Waals surface area contributed by atoms with E-state index >= 15 is 0 Å². The number of nitrogens with zero attached hydrogens (tertiary/aromatic N) is 2. The van der Waals surface area contributed by atoms with Crippen LogP contribution in [-0.4, -0.2) is 54.2 Å². The van der Waals surface area contributed by atoms with Crippen LogP contribution in [0.2, 0.25) is 0 Å². The summed E-state index contributed by atoms with van der Waals surface area (Å²) in [7, 11) is 0. The minimum Gasteiger partial charge on any atom is -0.378 e. The molecule has 0 aromatic heterocycles. The monoisotopic (exact) mass is 278 g/mol. The summed E-state index contributed by atoms with van der Waals surface area (Å²) in [6, 6.07) is 1.50. The van der Waals surface area contributed by atoms with Crippen molar-refractivity contribution in [3.8, 4) is 0 Å². The Morgan fingerprint density at radius 3 is 2.30 bits per heavy atom. The number of piperazine rings is 1. The number of rotatable bonds is 6. The summed E-state index contributed by atoms with van der Waals surface area (Å²) in [4.78, 5) is 5.29. The lowest BCUT2D eigenvalue weighted by atomic mass is 10.0. The zero-order valence-electron chi connectivity index (χ0n) is 13.4. The number of likely N-dealkylation sites (tertiary alicyclic amines) is 1. The predicted molar refractivity (Wildman–Crippen MR) is 82.7 cm³/mol. The van der Waals surface area contributed by atoms with Gasteiger partial charge in [0.15, 0.2) is 0 Å². The van der Waals surface area contributed by atoms with Crippen molar-refractivity contribution in [1.29, 1.82) is 0 Å². The molecule has 0 aromatic carbocycles. The second-order valence-electron chi connectivity index (χ2n) is 7.56. The van der Waals surface area contributed by atoms with Gasteiger partial charge in [0.1, 0.15) is 0 Å². The molecule has 0 radical (unpaired) electrons. The molecule has 0 spiro atoms. The van der Waals surface area contributed by atoms with E-state index in [4.69, 9.17) is 4.74 Å². The Hall–Kier alpha value is -0.540. The predicted octanol–water partition coefficient (Wildman–Crippen LogP) is 2.87. The lowest BCUT2D eigenvalue weighted by Gasteiger charge is -2.43. The average Bonchev–Trinajstić information content (AvgIpc) is 3.11. The van der Waals surface area contributed by atoms with Gasteiger partial charge in [0.2, 0.25) is 0 Å². The van der Waals surface area contributed by atoms with Crippen molar-refractivity contribution in [2.24, 2.45) is 5.41 Å². The van der Waals surface area contributed by atoms with E-state index in [0.29, 0.717) is 11.5 Å². The maximum atomic E-state index is 5.91. The topological polar surface area (TPSA) is 15.7 Å². The molecule has 2 heterocycles. The quantitative estimate of drug-likeness (QED) is 0.743. The summed E-state index contributed by atoms with van der Waals surface area (Å²) >= 11 is 0. The van der Waals surface area contributed by atoms with Crippen LogP contribution in [-0.2, 0) is 4.74 Å². The van der Waals surface area contributed by atoms with Gasteiger partial charge in [0.25, 0.3) is 0 Å². The van der Waals surface area contributed by atoms with E-state index in [-0.39, 0.29) is 0 Å². The second-order valence-corrected chi connectivity index (χ2v) is 7.56. The van der Waals surface area contributed by atoms with Crippen LogP contribution >= 0.6 is 0 Å². The maximum Gasteiger partial charge on any atom is 0.0538 e. The van der Waals surface area contributed by atoms with Gasteiger partial charge in [0.05, 0.1) is 12.7 Å². The zero-order valence-corrected chi connectivity index (χ0v) is 13.4. The SMILES string of the molecule is C=C(C)N1CC2CCC(C1)N2CC1(COC(C)C)CC1. The summed E-state index contributed by atoms with van der Waals surface area (Å²) in [5.74, 6) is 0. The first-order chi connectivity index (χ1) is 9.49. The smallest absolute Gasteiger partial charge is 0.0538 e. The standard InChI is InChI=1S/C17H30N2O/c1-13(2)18-9-15-5-6-16(10-18)19(15)11-17(7-8-17)12-20-14(3)4/h14-16H,1,5-12H2,2-4H3. The summed E-state index contributed by atoms with van der Waals surface area (Å²) in [6.07, 6.45) is 5.83. The fraction of sp³-hybridized carbons (Fsp3) is 0.882.